The summed E-state index contributed by atoms with van der Waals surface area (Å²) in [5.41, 5.74) is 0. The van der Waals surface area contributed by atoms with Crippen molar-refractivity contribution in [1.29, 1.82) is 0 Å². The molecule has 0 aliphatic rings. The summed E-state index contributed by atoms with van der Waals surface area (Å²) in [6.45, 7) is 10.5. The maximum absolute atomic E-state index is 5.29. The molecule has 0 saturated heterocycles. The Morgan fingerprint density at radius 1 is 1.46 bits per heavy atom. The molecule has 0 aromatic rings. The van der Waals surface area contributed by atoms with Crippen LogP contribution in [0.1, 0.15) is 27.2 Å². The molecule has 13 heavy (non-hydrogen) atoms. The summed E-state index contributed by atoms with van der Waals surface area (Å²) >= 11 is 0. The Labute approximate surface area is 82.7 Å². The Balaban J connectivity index is 3.65. The summed E-state index contributed by atoms with van der Waals surface area (Å²) in [5.74, 6) is 2.70. The van der Waals surface area contributed by atoms with Crippen LogP contribution in [0.25, 0.3) is 0 Å². The summed E-state index contributed by atoms with van der Waals surface area (Å²) in [5, 5.41) is 3.32. The zero-order valence-electron chi connectivity index (χ0n) is 9.14. The van der Waals surface area contributed by atoms with Gasteiger partial charge < -0.3 is 5.32 Å². The number of rotatable bonds is 7. The summed E-state index contributed by atoms with van der Waals surface area (Å²) in [6.07, 6.45) is 6.46. The Morgan fingerprint density at radius 3 is 2.62 bits per heavy atom. The molecule has 0 aliphatic carbocycles. The molecule has 76 valence electrons. The van der Waals surface area contributed by atoms with Crippen LogP contribution in [0.4, 0.5) is 0 Å². The number of hydrogen-bond donors (Lipinski definition) is 1. The topological polar surface area (TPSA) is 15.3 Å². The Kier molecular flexibility index (Phi) is 7.77. The Hall–Kier alpha value is -0.520. The van der Waals surface area contributed by atoms with Gasteiger partial charge in [-0.05, 0) is 33.0 Å². The van der Waals surface area contributed by atoms with Gasteiger partial charge in [-0.15, -0.1) is 6.42 Å². The van der Waals surface area contributed by atoms with Gasteiger partial charge in [-0.3, -0.25) is 4.90 Å². The first-order valence-corrected chi connectivity index (χ1v) is 5.14. The Morgan fingerprint density at radius 2 is 2.15 bits per heavy atom. The van der Waals surface area contributed by atoms with Crippen molar-refractivity contribution in [3.63, 3.8) is 0 Å². The number of terminal acetylenes is 1. The van der Waals surface area contributed by atoms with E-state index in [1.54, 1.807) is 0 Å². The first kappa shape index (κ1) is 12.5. The molecule has 1 unspecified atom stereocenters. The lowest BCUT2D eigenvalue weighted by molar-refractivity contribution is 0.235. The van der Waals surface area contributed by atoms with Crippen molar-refractivity contribution in [2.24, 2.45) is 0 Å². The van der Waals surface area contributed by atoms with E-state index < -0.39 is 0 Å². The van der Waals surface area contributed by atoms with Crippen molar-refractivity contribution in [2.75, 3.05) is 26.2 Å². The van der Waals surface area contributed by atoms with E-state index in [0.717, 1.165) is 26.2 Å². The van der Waals surface area contributed by atoms with Crippen LogP contribution in [0.15, 0.2) is 0 Å². The minimum Gasteiger partial charge on any atom is -0.317 e. The lowest BCUT2D eigenvalue weighted by atomic mass is 10.2. The molecule has 0 rings (SSSR count). The second kappa shape index (κ2) is 8.10. The van der Waals surface area contributed by atoms with Crippen molar-refractivity contribution >= 4 is 0 Å². The molecular formula is C11H22N2. The van der Waals surface area contributed by atoms with Crippen molar-refractivity contribution in [3.05, 3.63) is 0 Å². The average Bonchev–Trinajstić information content (AvgIpc) is 2.14. The summed E-state index contributed by atoms with van der Waals surface area (Å²) in [7, 11) is 0. The van der Waals surface area contributed by atoms with Crippen molar-refractivity contribution < 1.29 is 0 Å². The largest absolute Gasteiger partial charge is 0.317 e. The third-order valence-corrected chi connectivity index (χ3v) is 2.31. The lowest BCUT2D eigenvalue weighted by Gasteiger charge is -2.25. The van der Waals surface area contributed by atoms with Crippen LogP contribution < -0.4 is 5.32 Å². The summed E-state index contributed by atoms with van der Waals surface area (Å²) < 4.78 is 0. The van der Waals surface area contributed by atoms with Crippen LogP contribution in [0, 0.1) is 12.3 Å². The van der Waals surface area contributed by atoms with Gasteiger partial charge in [-0.2, -0.15) is 0 Å². The highest BCUT2D eigenvalue weighted by molar-refractivity contribution is 4.89. The SMILES string of the molecule is C#CCN(CC)C(C)CCNCC. The molecule has 0 aromatic heterocycles. The van der Waals surface area contributed by atoms with Gasteiger partial charge in [0.05, 0.1) is 6.54 Å². The van der Waals surface area contributed by atoms with Gasteiger partial charge in [0.15, 0.2) is 0 Å². The second-order valence-electron chi connectivity index (χ2n) is 3.26. The second-order valence-corrected chi connectivity index (χ2v) is 3.26. The fourth-order valence-corrected chi connectivity index (χ4v) is 1.37. The van der Waals surface area contributed by atoms with Gasteiger partial charge in [0.1, 0.15) is 0 Å². The zero-order valence-corrected chi connectivity index (χ0v) is 9.14. The van der Waals surface area contributed by atoms with Crippen LogP contribution in [-0.2, 0) is 0 Å². The van der Waals surface area contributed by atoms with Gasteiger partial charge in [0, 0.05) is 6.04 Å². The van der Waals surface area contributed by atoms with Crippen LogP contribution in [-0.4, -0.2) is 37.1 Å². The van der Waals surface area contributed by atoms with E-state index in [9.17, 15) is 0 Å². The molecule has 1 N–H and O–H groups in total. The molecule has 0 radical (unpaired) electrons. The fourth-order valence-electron chi connectivity index (χ4n) is 1.37. The molecule has 1 atom stereocenters. The van der Waals surface area contributed by atoms with E-state index in [1.165, 1.54) is 6.42 Å². The predicted molar refractivity (Wildman–Crippen MR) is 58.7 cm³/mol. The normalized spacial score (nSPS) is 12.8. The first-order chi connectivity index (χ1) is 6.26. The van der Waals surface area contributed by atoms with Gasteiger partial charge in [-0.1, -0.05) is 19.8 Å². The molecule has 0 spiro atoms. The average molecular weight is 182 g/mol. The van der Waals surface area contributed by atoms with Gasteiger partial charge in [0.2, 0.25) is 0 Å². The highest BCUT2D eigenvalue weighted by Crippen LogP contribution is 2.01. The van der Waals surface area contributed by atoms with Crippen LogP contribution in [0.5, 0.6) is 0 Å². The highest BCUT2D eigenvalue weighted by Gasteiger charge is 2.09. The third-order valence-electron chi connectivity index (χ3n) is 2.31. The fraction of sp³-hybridized carbons (Fsp3) is 0.818. The molecule has 0 saturated carbocycles. The molecule has 2 heteroatoms. The van der Waals surface area contributed by atoms with Gasteiger partial charge in [0.25, 0.3) is 0 Å². The van der Waals surface area contributed by atoms with Gasteiger partial charge >= 0.3 is 0 Å². The van der Waals surface area contributed by atoms with Crippen molar-refractivity contribution in [2.45, 2.75) is 33.2 Å². The van der Waals surface area contributed by atoms with E-state index >= 15 is 0 Å². The number of nitrogens with one attached hydrogen (secondary N) is 1. The Bertz CT molecular complexity index is 149. The van der Waals surface area contributed by atoms with Crippen LogP contribution in [0.2, 0.25) is 0 Å². The summed E-state index contributed by atoms with van der Waals surface area (Å²) in [4.78, 5) is 2.32. The quantitative estimate of drug-likeness (QED) is 0.472. The molecule has 2 nitrogen and oxygen atoms in total. The minimum atomic E-state index is 0.583. The monoisotopic (exact) mass is 182 g/mol. The summed E-state index contributed by atoms with van der Waals surface area (Å²) in [6, 6.07) is 0.583. The molecule has 0 heterocycles. The van der Waals surface area contributed by atoms with E-state index in [1.807, 2.05) is 0 Å². The lowest BCUT2D eigenvalue weighted by Crippen LogP contribution is -2.35. The third kappa shape index (κ3) is 5.68. The highest BCUT2D eigenvalue weighted by atomic mass is 15.1. The standard InChI is InChI=1S/C11H22N2/c1-5-10-13(7-3)11(4)8-9-12-6-2/h1,11-12H,6-10H2,2-4H3. The molecular weight excluding hydrogens is 160 g/mol. The minimum absolute atomic E-state index is 0.583. The number of hydrogen-bond acceptors (Lipinski definition) is 2. The van der Waals surface area contributed by atoms with Gasteiger partial charge in [-0.25, -0.2) is 0 Å². The van der Waals surface area contributed by atoms with Crippen LogP contribution >= 0.6 is 0 Å². The molecule has 0 amide bonds. The predicted octanol–water partition coefficient (Wildman–Crippen LogP) is 1.33. The smallest absolute Gasteiger partial charge is 0.0601 e. The van der Waals surface area contributed by atoms with E-state index in [2.05, 4.69) is 36.9 Å². The molecule has 0 aliphatic heterocycles. The van der Waals surface area contributed by atoms with E-state index in [0.29, 0.717) is 6.04 Å². The van der Waals surface area contributed by atoms with E-state index in [4.69, 9.17) is 6.42 Å². The maximum atomic E-state index is 5.29. The first-order valence-electron chi connectivity index (χ1n) is 5.14. The van der Waals surface area contributed by atoms with Crippen molar-refractivity contribution in [1.82, 2.24) is 10.2 Å². The molecule has 0 bridgehead atoms. The van der Waals surface area contributed by atoms with E-state index in [-0.39, 0.29) is 0 Å². The zero-order chi connectivity index (χ0) is 10.1. The van der Waals surface area contributed by atoms with Crippen LogP contribution in [0.3, 0.4) is 0 Å². The molecule has 0 fully saturated rings. The van der Waals surface area contributed by atoms with Crippen molar-refractivity contribution in [3.8, 4) is 12.3 Å². The molecule has 0 aromatic carbocycles. The maximum Gasteiger partial charge on any atom is 0.0601 e. The number of nitrogens with zero attached hydrogens (tertiary/aromatic N) is 1.